The SMILES string of the molecule is Cc1nc(NCc2ccccc2)cc(C(=O)NCc2ccc3c(c2)OCO3)n1. The zero-order valence-electron chi connectivity index (χ0n) is 15.4. The molecule has 7 nitrogen and oxygen atoms in total. The van der Waals surface area contributed by atoms with E-state index in [1.807, 2.05) is 48.5 Å². The summed E-state index contributed by atoms with van der Waals surface area (Å²) in [5, 5.41) is 6.12. The minimum absolute atomic E-state index is 0.226. The smallest absolute Gasteiger partial charge is 0.270 e. The Balaban J connectivity index is 1.40. The van der Waals surface area contributed by atoms with Crippen LogP contribution in [0.25, 0.3) is 0 Å². The van der Waals surface area contributed by atoms with Crippen molar-refractivity contribution in [3.8, 4) is 11.5 Å². The van der Waals surface area contributed by atoms with Gasteiger partial charge in [0.05, 0.1) is 0 Å². The number of fused-ring (bicyclic) bond motifs is 1. The van der Waals surface area contributed by atoms with Crippen molar-refractivity contribution in [2.24, 2.45) is 0 Å². The number of amides is 1. The third-order valence-corrected chi connectivity index (χ3v) is 4.28. The average Bonchev–Trinajstić information content (AvgIpc) is 3.19. The Kier molecular flexibility index (Phi) is 5.05. The van der Waals surface area contributed by atoms with Crippen LogP contribution in [0.3, 0.4) is 0 Å². The molecule has 0 atom stereocenters. The number of rotatable bonds is 6. The number of nitrogens with one attached hydrogen (secondary N) is 2. The number of hydrogen-bond acceptors (Lipinski definition) is 6. The van der Waals surface area contributed by atoms with E-state index in [1.54, 1.807) is 13.0 Å². The van der Waals surface area contributed by atoms with Gasteiger partial charge in [-0.15, -0.1) is 0 Å². The van der Waals surface area contributed by atoms with E-state index in [0.29, 0.717) is 36.2 Å². The maximum atomic E-state index is 12.5. The molecule has 2 aromatic carbocycles. The van der Waals surface area contributed by atoms with Gasteiger partial charge < -0.3 is 20.1 Å². The molecule has 0 saturated heterocycles. The highest BCUT2D eigenvalue weighted by atomic mass is 16.7. The zero-order valence-corrected chi connectivity index (χ0v) is 15.4. The fourth-order valence-corrected chi connectivity index (χ4v) is 2.89. The van der Waals surface area contributed by atoms with Crippen molar-refractivity contribution < 1.29 is 14.3 Å². The van der Waals surface area contributed by atoms with Crippen molar-refractivity contribution in [1.29, 1.82) is 0 Å². The van der Waals surface area contributed by atoms with Crippen LogP contribution in [0.2, 0.25) is 0 Å². The van der Waals surface area contributed by atoms with Gasteiger partial charge in [0.1, 0.15) is 17.3 Å². The van der Waals surface area contributed by atoms with E-state index in [0.717, 1.165) is 16.9 Å². The maximum Gasteiger partial charge on any atom is 0.270 e. The lowest BCUT2D eigenvalue weighted by Gasteiger charge is -2.10. The summed E-state index contributed by atoms with van der Waals surface area (Å²) in [6, 6.07) is 17.2. The van der Waals surface area contributed by atoms with Crippen molar-refractivity contribution in [2.75, 3.05) is 12.1 Å². The van der Waals surface area contributed by atoms with Gasteiger partial charge in [0.2, 0.25) is 6.79 Å². The van der Waals surface area contributed by atoms with Crippen LogP contribution < -0.4 is 20.1 Å². The molecular formula is C21H20N4O3. The Hall–Kier alpha value is -3.61. The minimum atomic E-state index is -0.258. The Morgan fingerprint density at radius 1 is 0.964 bits per heavy atom. The van der Waals surface area contributed by atoms with Gasteiger partial charge in [-0.3, -0.25) is 4.79 Å². The van der Waals surface area contributed by atoms with Crippen molar-refractivity contribution in [3.63, 3.8) is 0 Å². The fourth-order valence-electron chi connectivity index (χ4n) is 2.89. The summed E-state index contributed by atoms with van der Waals surface area (Å²) < 4.78 is 10.7. The average molecular weight is 376 g/mol. The number of carbonyl (C=O) groups excluding carboxylic acids is 1. The quantitative estimate of drug-likeness (QED) is 0.688. The molecule has 1 amide bonds. The normalized spacial score (nSPS) is 11.9. The summed E-state index contributed by atoms with van der Waals surface area (Å²) in [5.74, 6) is 2.30. The van der Waals surface area contributed by atoms with Crippen LogP contribution in [0.1, 0.15) is 27.4 Å². The molecule has 0 aliphatic carbocycles. The molecule has 142 valence electrons. The molecule has 0 bridgehead atoms. The Bertz CT molecular complexity index is 992. The molecule has 1 aliphatic rings. The molecular weight excluding hydrogens is 356 g/mol. The van der Waals surface area contributed by atoms with Crippen LogP contribution >= 0.6 is 0 Å². The highest BCUT2D eigenvalue weighted by Gasteiger charge is 2.14. The van der Waals surface area contributed by atoms with Crippen LogP contribution in [0.5, 0.6) is 11.5 Å². The molecule has 4 rings (SSSR count). The van der Waals surface area contributed by atoms with E-state index < -0.39 is 0 Å². The highest BCUT2D eigenvalue weighted by molar-refractivity contribution is 5.92. The van der Waals surface area contributed by atoms with Gasteiger partial charge in [0.15, 0.2) is 11.5 Å². The molecule has 3 aromatic rings. The van der Waals surface area contributed by atoms with Gasteiger partial charge in [-0.2, -0.15) is 0 Å². The topological polar surface area (TPSA) is 85.4 Å². The molecule has 0 saturated carbocycles. The molecule has 2 N–H and O–H groups in total. The second-order valence-electron chi connectivity index (χ2n) is 6.40. The van der Waals surface area contributed by atoms with Gasteiger partial charge in [-0.1, -0.05) is 36.4 Å². The number of ether oxygens (including phenoxy) is 2. The molecule has 0 radical (unpaired) electrons. The first-order valence-corrected chi connectivity index (χ1v) is 8.97. The lowest BCUT2D eigenvalue weighted by atomic mass is 10.2. The van der Waals surface area contributed by atoms with Crippen LogP contribution in [-0.4, -0.2) is 22.7 Å². The number of anilines is 1. The first kappa shape index (κ1) is 17.8. The lowest BCUT2D eigenvalue weighted by molar-refractivity contribution is 0.0945. The fraction of sp³-hybridized carbons (Fsp3) is 0.190. The number of hydrogen-bond donors (Lipinski definition) is 2. The van der Waals surface area contributed by atoms with Crippen molar-refractivity contribution >= 4 is 11.7 Å². The van der Waals surface area contributed by atoms with Gasteiger partial charge in [0.25, 0.3) is 5.91 Å². The maximum absolute atomic E-state index is 12.5. The number of carbonyl (C=O) groups is 1. The summed E-state index contributed by atoms with van der Waals surface area (Å²) in [6.45, 7) is 2.98. The third kappa shape index (κ3) is 4.20. The minimum Gasteiger partial charge on any atom is -0.454 e. The van der Waals surface area contributed by atoms with Crippen molar-refractivity contribution in [3.05, 3.63) is 77.2 Å². The monoisotopic (exact) mass is 376 g/mol. The van der Waals surface area contributed by atoms with E-state index in [4.69, 9.17) is 9.47 Å². The van der Waals surface area contributed by atoms with Crippen LogP contribution in [0.15, 0.2) is 54.6 Å². The first-order chi connectivity index (χ1) is 13.7. The Labute approximate surface area is 162 Å². The summed E-state index contributed by atoms with van der Waals surface area (Å²) >= 11 is 0. The molecule has 1 aromatic heterocycles. The predicted molar refractivity (Wildman–Crippen MR) is 104 cm³/mol. The second kappa shape index (κ2) is 7.96. The second-order valence-corrected chi connectivity index (χ2v) is 6.40. The number of aromatic nitrogens is 2. The van der Waals surface area contributed by atoms with Crippen LogP contribution in [-0.2, 0) is 13.1 Å². The summed E-state index contributed by atoms with van der Waals surface area (Å²) in [5.41, 5.74) is 2.38. The largest absolute Gasteiger partial charge is 0.454 e. The van der Waals surface area contributed by atoms with Gasteiger partial charge >= 0.3 is 0 Å². The molecule has 7 heteroatoms. The lowest BCUT2D eigenvalue weighted by Crippen LogP contribution is -2.24. The van der Waals surface area contributed by atoms with Crippen LogP contribution in [0, 0.1) is 6.92 Å². The van der Waals surface area contributed by atoms with Crippen molar-refractivity contribution in [1.82, 2.24) is 15.3 Å². The third-order valence-electron chi connectivity index (χ3n) is 4.28. The molecule has 0 spiro atoms. The predicted octanol–water partition coefficient (Wildman–Crippen LogP) is 3.06. The van der Waals surface area contributed by atoms with E-state index in [2.05, 4.69) is 20.6 Å². The van der Waals surface area contributed by atoms with Crippen molar-refractivity contribution in [2.45, 2.75) is 20.0 Å². The van der Waals surface area contributed by atoms with Gasteiger partial charge in [-0.05, 0) is 30.2 Å². The molecule has 0 unspecified atom stereocenters. The molecule has 1 aliphatic heterocycles. The number of aryl methyl sites for hydroxylation is 1. The van der Waals surface area contributed by atoms with E-state index in [1.165, 1.54) is 0 Å². The van der Waals surface area contributed by atoms with Gasteiger partial charge in [-0.25, -0.2) is 9.97 Å². The summed E-state index contributed by atoms with van der Waals surface area (Å²) in [7, 11) is 0. The Morgan fingerprint density at radius 2 is 1.79 bits per heavy atom. The zero-order chi connectivity index (χ0) is 19.3. The van der Waals surface area contributed by atoms with E-state index >= 15 is 0 Å². The number of nitrogens with zero attached hydrogens (tertiary/aromatic N) is 2. The summed E-state index contributed by atoms with van der Waals surface area (Å²) in [6.07, 6.45) is 0. The van der Waals surface area contributed by atoms with E-state index in [9.17, 15) is 4.79 Å². The standard InChI is InChI=1S/C21H20N4O3/c1-14-24-17(10-20(25-14)22-11-15-5-3-2-4-6-15)21(26)23-12-16-7-8-18-19(9-16)28-13-27-18/h2-10H,11-13H2,1H3,(H,23,26)(H,22,24,25). The summed E-state index contributed by atoms with van der Waals surface area (Å²) in [4.78, 5) is 21.2. The first-order valence-electron chi connectivity index (χ1n) is 8.97. The Morgan fingerprint density at radius 3 is 2.64 bits per heavy atom. The van der Waals surface area contributed by atoms with Gasteiger partial charge in [0, 0.05) is 19.2 Å². The molecule has 2 heterocycles. The number of benzene rings is 2. The van der Waals surface area contributed by atoms with E-state index in [-0.39, 0.29) is 12.7 Å². The molecule has 28 heavy (non-hydrogen) atoms. The van der Waals surface area contributed by atoms with Crippen LogP contribution in [0.4, 0.5) is 5.82 Å². The highest BCUT2D eigenvalue weighted by Crippen LogP contribution is 2.32. The molecule has 0 fully saturated rings.